The number of thioether (sulfide) groups is 1. The molecular formula is C19H23N3O6S. The number of hydrogen-bond donors (Lipinski definition) is 2. The summed E-state index contributed by atoms with van der Waals surface area (Å²) in [5, 5.41) is 4.97. The first-order chi connectivity index (χ1) is 13.8. The molecule has 29 heavy (non-hydrogen) atoms. The van der Waals surface area contributed by atoms with Gasteiger partial charge in [-0.15, -0.1) is 0 Å². The Hall–Kier alpha value is -2.88. The summed E-state index contributed by atoms with van der Waals surface area (Å²) in [6.07, 6.45) is 1.72. The van der Waals surface area contributed by atoms with Crippen molar-refractivity contribution in [3.63, 3.8) is 0 Å². The number of nitrogens with zero attached hydrogens (tertiary/aromatic N) is 1. The van der Waals surface area contributed by atoms with Gasteiger partial charge in [-0.2, -0.15) is 11.8 Å². The molecule has 1 aromatic rings. The number of rotatable bonds is 9. The molecule has 2 atom stereocenters. The summed E-state index contributed by atoms with van der Waals surface area (Å²) in [5.41, 5.74) is 0.454. The van der Waals surface area contributed by atoms with Crippen LogP contribution in [-0.4, -0.2) is 71.7 Å². The standard InChI is InChI=1S/C19H23N3O6S/c1-4-20-16(24)11(2)21-15(23)9-28-19(27)14(10-29-3)22-17(25)12-7-5-6-8-13(12)18(22)26/h5-8,11,14H,4,9-10H2,1-3H3,(H,20,24)(H,21,23)/t11-,14-/m1/s1. The molecule has 2 rings (SSSR count). The Morgan fingerprint density at radius 2 is 1.72 bits per heavy atom. The van der Waals surface area contributed by atoms with Crippen LogP contribution in [0.25, 0.3) is 0 Å². The molecule has 0 bridgehead atoms. The van der Waals surface area contributed by atoms with Gasteiger partial charge in [-0.05, 0) is 32.2 Å². The molecule has 0 fully saturated rings. The van der Waals surface area contributed by atoms with Crippen molar-refractivity contribution < 1.29 is 28.7 Å². The summed E-state index contributed by atoms with van der Waals surface area (Å²) < 4.78 is 5.02. The minimum atomic E-state index is -1.16. The maximum absolute atomic E-state index is 12.6. The van der Waals surface area contributed by atoms with Gasteiger partial charge in [0.2, 0.25) is 5.91 Å². The number of carbonyl (C=O) groups is 5. The molecule has 9 nitrogen and oxygen atoms in total. The Labute approximate surface area is 172 Å². The van der Waals surface area contributed by atoms with Crippen LogP contribution >= 0.6 is 11.8 Å². The second-order valence-electron chi connectivity index (χ2n) is 6.29. The monoisotopic (exact) mass is 421 g/mol. The molecule has 0 radical (unpaired) electrons. The fourth-order valence-corrected chi connectivity index (χ4v) is 3.41. The number of nitrogens with one attached hydrogen (secondary N) is 2. The predicted molar refractivity (Wildman–Crippen MR) is 106 cm³/mol. The summed E-state index contributed by atoms with van der Waals surface area (Å²) in [7, 11) is 0. The van der Waals surface area contributed by atoms with E-state index >= 15 is 0 Å². The zero-order valence-electron chi connectivity index (χ0n) is 16.4. The molecule has 0 saturated heterocycles. The molecule has 10 heteroatoms. The number of ether oxygens (including phenoxy) is 1. The third-order valence-electron chi connectivity index (χ3n) is 4.20. The molecule has 156 valence electrons. The van der Waals surface area contributed by atoms with E-state index in [1.165, 1.54) is 30.8 Å². The fraction of sp³-hybridized carbons (Fsp3) is 0.421. The lowest BCUT2D eigenvalue weighted by Crippen LogP contribution is -2.49. The normalized spacial score (nSPS) is 14.8. The van der Waals surface area contributed by atoms with Crippen LogP contribution in [0, 0.1) is 0 Å². The first-order valence-corrected chi connectivity index (χ1v) is 10.4. The lowest BCUT2D eigenvalue weighted by Gasteiger charge is -2.24. The fourth-order valence-electron chi connectivity index (χ4n) is 2.81. The Morgan fingerprint density at radius 3 is 2.24 bits per heavy atom. The molecule has 0 aromatic heterocycles. The van der Waals surface area contributed by atoms with E-state index in [2.05, 4.69) is 10.6 Å². The van der Waals surface area contributed by atoms with Crippen LogP contribution < -0.4 is 10.6 Å². The maximum Gasteiger partial charge on any atom is 0.330 e. The molecule has 0 spiro atoms. The Bertz CT molecular complexity index is 793. The predicted octanol–water partition coefficient (Wildman–Crippen LogP) is 0.198. The molecular weight excluding hydrogens is 398 g/mol. The van der Waals surface area contributed by atoms with Gasteiger partial charge >= 0.3 is 5.97 Å². The minimum absolute atomic E-state index is 0.126. The highest BCUT2D eigenvalue weighted by molar-refractivity contribution is 7.98. The molecule has 0 saturated carbocycles. The topological polar surface area (TPSA) is 122 Å². The second kappa shape index (κ2) is 10.1. The van der Waals surface area contributed by atoms with Crippen LogP contribution in [0.5, 0.6) is 0 Å². The number of esters is 1. The summed E-state index contributed by atoms with van der Waals surface area (Å²) in [6, 6.07) is 4.36. The molecule has 1 aliphatic heterocycles. The van der Waals surface area contributed by atoms with Gasteiger partial charge in [0.1, 0.15) is 12.1 Å². The molecule has 1 heterocycles. The molecule has 1 aliphatic rings. The molecule has 2 N–H and O–H groups in total. The van der Waals surface area contributed by atoms with Gasteiger partial charge in [-0.1, -0.05) is 12.1 Å². The Kier molecular flexibility index (Phi) is 7.77. The van der Waals surface area contributed by atoms with E-state index in [9.17, 15) is 24.0 Å². The first-order valence-electron chi connectivity index (χ1n) is 9.01. The lowest BCUT2D eigenvalue weighted by atomic mass is 10.1. The highest BCUT2D eigenvalue weighted by atomic mass is 32.2. The summed E-state index contributed by atoms with van der Waals surface area (Å²) >= 11 is 1.26. The minimum Gasteiger partial charge on any atom is -0.454 e. The summed E-state index contributed by atoms with van der Waals surface area (Å²) in [4.78, 5) is 62.2. The van der Waals surface area contributed by atoms with Gasteiger partial charge in [0, 0.05) is 12.3 Å². The van der Waals surface area contributed by atoms with E-state index in [1.54, 1.807) is 25.3 Å². The zero-order valence-corrected chi connectivity index (χ0v) is 17.2. The third-order valence-corrected chi connectivity index (χ3v) is 4.85. The number of benzene rings is 1. The van der Waals surface area contributed by atoms with Crippen molar-refractivity contribution in [3.8, 4) is 0 Å². The average molecular weight is 421 g/mol. The summed E-state index contributed by atoms with van der Waals surface area (Å²) in [6.45, 7) is 3.04. The number of carbonyl (C=O) groups excluding carboxylic acids is 5. The number of fused-ring (bicyclic) bond motifs is 1. The quantitative estimate of drug-likeness (QED) is 0.431. The van der Waals surface area contributed by atoms with Gasteiger partial charge in [-0.25, -0.2) is 4.79 Å². The SMILES string of the molecule is CCNC(=O)[C@@H](C)NC(=O)COC(=O)[C@@H](CSC)N1C(=O)c2ccccc2C1=O. The van der Waals surface area contributed by atoms with E-state index in [0.717, 1.165) is 4.90 Å². The van der Waals surface area contributed by atoms with Crippen molar-refractivity contribution >= 4 is 41.4 Å². The van der Waals surface area contributed by atoms with Crippen molar-refractivity contribution in [3.05, 3.63) is 35.4 Å². The van der Waals surface area contributed by atoms with Gasteiger partial charge in [0.25, 0.3) is 17.7 Å². The first kappa shape index (κ1) is 22.4. The highest BCUT2D eigenvalue weighted by Gasteiger charge is 2.43. The zero-order chi connectivity index (χ0) is 21.6. The van der Waals surface area contributed by atoms with Crippen molar-refractivity contribution in [2.75, 3.05) is 25.2 Å². The largest absolute Gasteiger partial charge is 0.454 e. The van der Waals surface area contributed by atoms with Crippen LogP contribution in [0.3, 0.4) is 0 Å². The molecule has 1 aromatic carbocycles. The van der Waals surface area contributed by atoms with Crippen LogP contribution in [0.2, 0.25) is 0 Å². The maximum atomic E-state index is 12.6. The Balaban J connectivity index is 2.02. The van der Waals surface area contributed by atoms with E-state index in [0.29, 0.717) is 6.54 Å². The van der Waals surface area contributed by atoms with Crippen LogP contribution in [0.1, 0.15) is 34.6 Å². The molecule has 0 unspecified atom stereocenters. The second-order valence-corrected chi connectivity index (χ2v) is 7.20. The molecule has 4 amide bonds. The number of amides is 4. The van der Waals surface area contributed by atoms with Gasteiger partial charge < -0.3 is 15.4 Å². The van der Waals surface area contributed by atoms with Crippen molar-refractivity contribution in [1.29, 1.82) is 0 Å². The van der Waals surface area contributed by atoms with Gasteiger partial charge in [0.05, 0.1) is 11.1 Å². The van der Waals surface area contributed by atoms with Crippen molar-refractivity contribution in [2.24, 2.45) is 0 Å². The van der Waals surface area contributed by atoms with Crippen LogP contribution in [0.4, 0.5) is 0 Å². The number of hydrogen-bond acceptors (Lipinski definition) is 7. The average Bonchev–Trinajstić information content (AvgIpc) is 2.95. The van der Waals surface area contributed by atoms with Gasteiger partial charge in [0.15, 0.2) is 6.61 Å². The Morgan fingerprint density at radius 1 is 1.14 bits per heavy atom. The molecule has 0 aliphatic carbocycles. The van der Waals surface area contributed by atoms with Crippen molar-refractivity contribution in [1.82, 2.24) is 15.5 Å². The third kappa shape index (κ3) is 5.14. The number of likely N-dealkylation sites (N-methyl/N-ethyl adjacent to an activating group) is 1. The summed E-state index contributed by atoms with van der Waals surface area (Å²) in [5.74, 6) is -2.91. The van der Waals surface area contributed by atoms with Crippen LogP contribution in [0.15, 0.2) is 24.3 Å². The highest BCUT2D eigenvalue weighted by Crippen LogP contribution is 2.26. The van der Waals surface area contributed by atoms with Gasteiger partial charge in [-0.3, -0.25) is 24.1 Å². The van der Waals surface area contributed by atoms with E-state index < -0.39 is 42.4 Å². The van der Waals surface area contributed by atoms with Crippen LogP contribution in [-0.2, 0) is 19.1 Å². The smallest absolute Gasteiger partial charge is 0.330 e. The van der Waals surface area contributed by atoms with Crippen molar-refractivity contribution in [2.45, 2.75) is 25.9 Å². The van der Waals surface area contributed by atoms with E-state index in [4.69, 9.17) is 4.74 Å². The van der Waals surface area contributed by atoms with E-state index in [-0.39, 0.29) is 22.8 Å². The lowest BCUT2D eigenvalue weighted by molar-refractivity contribution is -0.152. The van der Waals surface area contributed by atoms with E-state index in [1.807, 2.05) is 0 Å². The number of imide groups is 1.